The molecule has 1 heterocycles. The highest BCUT2D eigenvalue weighted by Crippen LogP contribution is 2.48. The maximum atomic E-state index is 13.4. The number of hydrogen-bond donors (Lipinski definition) is 0. The Bertz CT molecular complexity index is 1040. The van der Waals surface area contributed by atoms with Crippen LogP contribution in [0, 0.1) is 5.92 Å². The van der Waals surface area contributed by atoms with E-state index in [1.807, 2.05) is 49.4 Å². The second kappa shape index (κ2) is 8.27. The molecule has 0 bridgehead atoms. The van der Waals surface area contributed by atoms with Gasteiger partial charge in [-0.05, 0) is 30.9 Å². The number of esters is 1. The Balaban J connectivity index is 1.85. The number of ketones is 1. The maximum Gasteiger partial charge on any atom is 0.315 e. The van der Waals surface area contributed by atoms with Gasteiger partial charge in [0.25, 0.3) is 0 Å². The second-order valence-corrected chi connectivity index (χ2v) is 7.77. The molecule has 5 nitrogen and oxygen atoms in total. The van der Waals surface area contributed by atoms with Crippen molar-refractivity contribution in [2.24, 2.45) is 10.9 Å². The van der Waals surface area contributed by atoms with Crippen molar-refractivity contribution < 1.29 is 19.1 Å². The van der Waals surface area contributed by atoms with Crippen LogP contribution in [0.15, 0.2) is 70.9 Å². The third kappa shape index (κ3) is 3.45. The zero-order valence-electron chi connectivity index (χ0n) is 17.4. The zero-order chi connectivity index (χ0) is 21.3. The molecule has 1 unspecified atom stereocenters. The number of allylic oxidation sites excluding steroid dienone is 2. The van der Waals surface area contributed by atoms with Gasteiger partial charge in [-0.3, -0.25) is 14.6 Å². The molecule has 30 heavy (non-hydrogen) atoms. The first-order valence-corrected chi connectivity index (χ1v) is 10.1. The number of carbonyl (C=O) groups excluding carboxylic acids is 2. The normalized spacial score (nSPS) is 23.5. The van der Waals surface area contributed by atoms with E-state index in [-0.39, 0.29) is 11.7 Å². The summed E-state index contributed by atoms with van der Waals surface area (Å²) in [6, 6.07) is 17.6. The van der Waals surface area contributed by atoms with Crippen molar-refractivity contribution in [1.82, 2.24) is 0 Å². The molecule has 0 fully saturated rings. The lowest BCUT2D eigenvalue weighted by Crippen LogP contribution is -2.37. The monoisotopic (exact) mass is 403 g/mol. The Kier molecular flexibility index (Phi) is 5.53. The molecule has 0 aromatic heterocycles. The molecule has 1 aliphatic heterocycles. The Hall–Kier alpha value is -3.21. The minimum Gasteiger partial charge on any atom is -0.496 e. The molecule has 1 aliphatic carbocycles. The van der Waals surface area contributed by atoms with Gasteiger partial charge in [-0.2, -0.15) is 0 Å². The molecule has 0 saturated carbocycles. The summed E-state index contributed by atoms with van der Waals surface area (Å²) < 4.78 is 10.7. The van der Waals surface area contributed by atoms with Crippen molar-refractivity contribution >= 4 is 17.5 Å². The Morgan fingerprint density at radius 2 is 1.70 bits per heavy atom. The van der Waals surface area contributed by atoms with E-state index in [4.69, 9.17) is 14.5 Å². The number of benzene rings is 2. The van der Waals surface area contributed by atoms with Crippen molar-refractivity contribution in [3.05, 3.63) is 77.0 Å². The molecule has 4 rings (SSSR count). The minimum atomic E-state index is -0.651. The van der Waals surface area contributed by atoms with E-state index in [1.54, 1.807) is 7.11 Å². The lowest BCUT2D eigenvalue weighted by Gasteiger charge is -2.36. The Morgan fingerprint density at radius 1 is 1.00 bits per heavy atom. The number of para-hydroxylation sites is 1. The zero-order valence-corrected chi connectivity index (χ0v) is 17.4. The molecule has 3 atom stereocenters. The summed E-state index contributed by atoms with van der Waals surface area (Å²) in [7, 11) is 2.96. The van der Waals surface area contributed by atoms with Gasteiger partial charge < -0.3 is 9.47 Å². The molecule has 5 heteroatoms. The molecule has 154 valence electrons. The molecular formula is C25H25NO4. The fraction of sp³-hybridized carbons (Fsp3) is 0.320. The van der Waals surface area contributed by atoms with Crippen molar-refractivity contribution in [2.75, 3.05) is 14.2 Å². The van der Waals surface area contributed by atoms with E-state index in [0.717, 1.165) is 16.8 Å². The number of aliphatic imine (C=N–C) groups is 1. The molecular weight excluding hydrogens is 378 g/mol. The van der Waals surface area contributed by atoms with Gasteiger partial charge in [-0.25, -0.2) is 0 Å². The first kappa shape index (κ1) is 20.1. The van der Waals surface area contributed by atoms with E-state index in [0.29, 0.717) is 29.9 Å². The second-order valence-electron chi connectivity index (χ2n) is 7.77. The van der Waals surface area contributed by atoms with Crippen molar-refractivity contribution in [1.29, 1.82) is 0 Å². The highest BCUT2D eigenvalue weighted by Gasteiger charge is 2.45. The van der Waals surface area contributed by atoms with Crippen LogP contribution in [0.1, 0.15) is 42.7 Å². The average molecular weight is 403 g/mol. The third-order valence-electron chi connectivity index (χ3n) is 6.09. The van der Waals surface area contributed by atoms with E-state index >= 15 is 0 Å². The fourth-order valence-electron chi connectivity index (χ4n) is 4.71. The Labute approximate surface area is 176 Å². The van der Waals surface area contributed by atoms with E-state index in [2.05, 4.69) is 12.1 Å². The topological polar surface area (TPSA) is 65.0 Å². The number of hydrogen-bond acceptors (Lipinski definition) is 5. The maximum absolute atomic E-state index is 13.4. The number of ether oxygens (including phenoxy) is 2. The quantitative estimate of drug-likeness (QED) is 0.708. The summed E-state index contributed by atoms with van der Waals surface area (Å²) in [5, 5.41) is 0. The molecule has 0 spiro atoms. The van der Waals surface area contributed by atoms with Gasteiger partial charge in [0, 0.05) is 34.9 Å². The highest BCUT2D eigenvalue weighted by atomic mass is 16.5. The predicted octanol–water partition coefficient (Wildman–Crippen LogP) is 4.44. The van der Waals surface area contributed by atoms with Crippen molar-refractivity contribution in [3.8, 4) is 5.75 Å². The molecule has 0 radical (unpaired) electrons. The van der Waals surface area contributed by atoms with Gasteiger partial charge in [0.15, 0.2) is 5.78 Å². The Morgan fingerprint density at radius 3 is 2.40 bits per heavy atom. The molecule has 0 N–H and O–H groups in total. The number of carbonyl (C=O) groups is 2. The van der Waals surface area contributed by atoms with Crippen molar-refractivity contribution in [3.63, 3.8) is 0 Å². The number of Topliss-reactive ketones (excluding diaryl/α,β-unsaturated/α-hetero) is 1. The van der Waals surface area contributed by atoms with E-state index in [9.17, 15) is 9.59 Å². The fourth-order valence-corrected chi connectivity index (χ4v) is 4.71. The molecule has 2 aromatic rings. The molecule has 0 saturated heterocycles. The molecule has 2 aromatic carbocycles. The van der Waals surface area contributed by atoms with Gasteiger partial charge in [0.1, 0.15) is 11.7 Å². The van der Waals surface area contributed by atoms with Crippen LogP contribution in [0.5, 0.6) is 5.75 Å². The van der Waals surface area contributed by atoms with Crippen LogP contribution in [-0.4, -0.2) is 31.7 Å². The van der Waals surface area contributed by atoms with Crippen molar-refractivity contribution in [2.45, 2.75) is 31.6 Å². The van der Waals surface area contributed by atoms with Crippen LogP contribution in [0.4, 0.5) is 0 Å². The molecule has 2 aliphatic rings. The first-order valence-electron chi connectivity index (χ1n) is 10.1. The van der Waals surface area contributed by atoms with Gasteiger partial charge in [0.2, 0.25) is 0 Å². The standard InChI is InChI=1S/C25H25NO4/c1-15-22(25(28)30-3)23(18-11-7-8-12-21(18)29-2)24-19(26-15)13-17(14-20(24)27)16-9-5-4-6-10-16/h4-12,17,22-23H,13-14H2,1-3H3/t17-,22?,23-/m0/s1. The lowest BCUT2D eigenvalue weighted by molar-refractivity contribution is -0.143. The third-order valence-corrected chi connectivity index (χ3v) is 6.09. The summed E-state index contributed by atoms with van der Waals surface area (Å²) in [6.45, 7) is 1.84. The van der Waals surface area contributed by atoms with Crippen LogP contribution in [-0.2, 0) is 14.3 Å². The lowest BCUT2D eigenvalue weighted by atomic mass is 9.69. The van der Waals surface area contributed by atoms with Crippen LogP contribution in [0.25, 0.3) is 0 Å². The summed E-state index contributed by atoms with van der Waals surface area (Å²) in [5.41, 5.74) is 4.00. The largest absolute Gasteiger partial charge is 0.496 e. The number of rotatable bonds is 4. The van der Waals surface area contributed by atoms with Gasteiger partial charge in [-0.1, -0.05) is 48.5 Å². The SMILES string of the molecule is COC(=O)C1C(C)=NC2=C(C(=O)C[C@@H](c3ccccc3)C2)[C@H]1c1ccccc1OC. The number of methoxy groups -OCH3 is 2. The van der Waals surface area contributed by atoms with Gasteiger partial charge >= 0.3 is 5.97 Å². The summed E-state index contributed by atoms with van der Waals surface area (Å²) in [6.07, 6.45) is 1.07. The van der Waals surface area contributed by atoms with Crippen LogP contribution in [0.2, 0.25) is 0 Å². The predicted molar refractivity (Wildman–Crippen MR) is 115 cm³/mol. The molecule has 0 amide bonds. The smallest absolute Gasteiger partial charge is 0.315 e. The van der Waals surface area contributed by atoms with E-state index in [1.165, 1.54) is 7.11 Å². The summed E-state index contributed by atoms with van der Waals surface area (Å²) >= 11 is 0. The van der Waals surface area contributed by atoms with Gasteiger partial charge in [-0.15, -0.1) is 0 Å². The number of nitrogens with zero attached hydrogens (tertiary/aromatic N) is 1. The summed E-state index contributed by atoms with van der Waals surface area (Å²) in [4.78, 5) is 30.9. The van der Waals surface area contributed by atoms with E-state index < -0.39 is 17.8 Å². The van der Waals surface area contributed by atoms with Crippen LogP contribution >= 0.6 is 0 Å². The van der Waals surface area contributed by atoms with Gasteiger partial charge in [0.05, 0.1) is 14.2 Å². The highest BCUT2D eigenvalue weighted by molar-refractivity contribution is 6.09. The first-order chi connectivity index (χ1) is 14.5. The van der Waals surface area contributed by atoms with Crippen LogP contribution < -0.4 is 4.74 Å². The minimum absolute atomic E-state index is 0.0335. The van der Waals surface area contributed by atoms with Crippen LogP contribution in [0.3, 0.4) is 0 Å². The average Bonchev–Trinajstić information content (AvgIpc) is 2.78. The summed E-state index contributed by atoms with van der Waals surface area (Å²) in [5.74, 6) is -0.742.